The fourth-order valence-corrected chi connectivity index (χ4v) is 4.11. The van der Waals surface area contributed by atoms with Gasteiger partial charge in [-0.05, 0) is 35.9 Å². The smallest absolute Gasteiger partial charge is 0.253 e. The predicted octanol–water partition coefficient (Wildman–Crippen LogP) is 3.41. The molecule has 0 fully saturated rings. The van der Waals surface area contributed by atoms with E-state index < -0.39 is 10.0 Å². The van der Waals surface area contributed by atoms with Gasteiger partial charge in [0.05, 0.1) is 17.3 Å². The number of amides is 1. The number of hydrogen-bond acceptors (Lipinski definition) is 7. The minimum absolute atomic E-state index is 0.102. The van der Waals surface area contributed by atoms with E-state index in [0.717, 1.165) is 10.9 Å². The van der Waals surface area contributed by atoms with E-state index in [1.807, 2.05) is 24.3 Å². The lowest BCUT2D eigenvalue weighted by Crippen LogP contribution is -2.26. The summed E-state index contributed by atoms with van der Waals surface area (Å²) in [6.07, 6.45) is 2.94. The van der Waals surface area contributed by atoms with Crippen molar-refractivity contribution < 1.29 is 13.2 Å². The molecule has 2 heterocycles. The number of carbonyl (C=O) groups is 1. The van der Waals surface area contributed by atoms with E-state index in [4.69, 9.17) is 0 Å². The molecule has 0 unspecified atom stereocenters. The first-order valence-electron chi connectivity index (χ1n) is 10.8. The monoisotopic (exact) mass is 493 g/mol. The van der Waals surface area contributed by atoms with Crippen LogP contribution in [0.15, 0.2) is 60.8 Å². The predicted molar refractivity (Wildman–Crippen MR) is 139 cm³/mol. The Bertz CT molecular complexity index is 1480. The average Bonchev–Trinajstić information content (AvgIpc) is 3.30. The molecular formula is C24H27N7O3S. The minimum Gasteiger partial charge on any atom is -0.365 e. The number of fused-ring (bicyclic) bond motifs is 1. The summed E-state index contributed by atoms with van der Waals surface area (Å²) in [5.74, 6) is 0.823. The van der Waals surface area contributed by atoms with Crippen molar-refractivity contribution in [3.8, 4) is 0 Å². The highest BCUT2D eigenvalue weighted by molar-refractivity contribution is 7.92. The van der Waals surface area contributed by atoms with E-state index in [9.17, 15) is 13.2 Å². The van der Waals surface area contributed by atoms with Crippen LogP contribution in [0.2, 0.25) is 0 Å². The van der Waals surface area contributed by atoms with E-state index in [1.165, 1.54) is 22.5 Å². The van der Waals surface area contributed by atoms with Gasteiger partial charge in [-0.3, -0.25) is 9.10 Å². The number of aromatic nitrogens is 3. The van der Waals surface area contributed by atoms with Gasteiger partial charge in [0.1, 0.15) is 11.5 Å². The summed E-state index contributed by atoms with van der Waals surface area (Å²) in [7, 11) is 1.53. The van der Waals surface area contributed by atoms with Crippen molar-refractivity contribution in [3.63, 3.8) is 0 Å². The van der Waals surface area contributed by atoms with Crippen LogP contribution in [-0.4, -0.2) is 61.6 Å². The minimum atomic E-state index is -3.41. The van der Waals surface area contributed by atoms with Crippen LogP contribution in [0.3, 0.4) is 0 Å². The highest BCUT2D eigenvalue weighted by Gasteiger charge is 2.16. The molecule has 3 N–H and O–H groups in total. The zero-order valence-electron chi connectivity index (χ0n) is 19.9. The number of benzene rings is 2. The van der Waals surface area contributed by atoms with Crippen LogP contribution in [0, 0.1) is 0 Å². The largest absolute Gasteiger partial charge is 0.365 e. The molecule has 182 valence electrons. The van der Waals surface area contributed by atoms with Crippen molar-refractivity contribution in [1.82, 2.24) is 19.9 Å². The molecular weight excluding hydrogens is 466 g/mol. The molecule has 0 saturated carbocycles. The molecule has 0 aliphatic rings. The zero-order valence-corrected chi connectivity index (χ0v) is 20.7. The summed E-state index contributed by atoms with van der Waals surface area (Å²) in [6.45, 7) is 0.347. The van der Waals surface area contributed by atoms with Gasteiger partial charge in [0.2, 0.25) is 16.0 Å². The second-order valence-corrected chi connectivity index (χ2v) is 10.3. The number of carbonyl (C=O) groups excluding carboxylic acids is 1. The number of para-hydroxylation sites is 1. The maximum Gasteiger partial charge on any atom is 0.253 e. The van der Waals surface area contributed by atoms with Crippen LogP contribution >= 0.6 is 0 Å². The Morgan fingerprint density at radius 2 is 1.80 bits per heavy atom. The van der Waals surface area contributed by atoms with Gasteiger partial charge in [-0.1, -0.05) is 24.3 Å². The molecule has 4 rings (SSSR count). The molecule has 0 radical (unpaired) electrons. The standard InChI is InChI=1S/C24H27N7O3S/c1-30(2)23(32)16-9-7-10-18(14-16)27-24-28-21-19(12-13-25-21)22(29-24)26-15-17-8-5-6-11-20(17)31(3)35(4,33)34/h5-14H,15H2,1-4H3,(H3,25,26,27,28,29). The average molecular weight is 494 g/mol. The van der Waals surface area contributed by atoms with Crippen LogP contribution in [0.4, 0.5) is 23.1 Å². The van der Waals surface area contributed by atoms with Gasteiger partial charge in [0.25, 0.3) is 5.91 Å². The number of rotatable bonds is 8. The molecule has 10 nitrogen and oxygen atoms in total. The molecule has 0 atom stereocenters. The number of aromatic amines is 1. The first-order valence-corrected chi connectivity index (χ1v) is 12.7. The van der Waals surface area contributed by atoms with Crippen molar-refractivity contribution in [2.75, 3.05) is 42.3 Å². The van der Waals surface area contributed by atoms with Gasteiger partial charge in [-0.2, -0.15) is 9.97 Å². The lowest BCUT2D eigenvalue weighted by molar-refractivity contribution is 0.0827. The Balaban J connectivity index is 1.61. The Hall–Kier alpha value is -4.12. The summed E-state index contributed by atoms with van der Waals surface area (Å²) in [6, 6.07) is 16.3. The third-order valence-corrected chi connectivity index (χ3v) is 6.65. The molecule has 0 aliphatic heterocycles. The van der Waals surface area contributed by atoms with Gasteiger partial charge >= 0.3 is 0 Å². The zero-order chi connectivity index (χ0) is 25.2. The van der Waals surface area contributed by atoms with E-state index in [1.54, 1.807) is 50.6 Å². The van der Waals surface area contributed by atoms with Gasteiger partial charge in [0, 0.05) is 45.1 Å². The molecule has 0 spiro atoms. The second-order valence-electron chi connectivity index (χ2n) is 8.25. The maximum atomic E-state index is 12.3. The Labute approximate surface area is 204 Å². The highest BCUT2D eigenvalue weighted by atomic mass is 32.2. The van der Waals surface area contributed by atoms with Gasteiger partial charge in [0.15, 0.2) is 0 Å². The topological polar surface area (TPSA) is 123 Å². The van der Waals surface area contributed by atoms with E-state index in [-0.39, 0.29) is 5.91 Å². The number of anilines is 4. The molecule has 4 aromatic rings. The summed E-state index contributed by atoms with van der Waals surface area (Å²) in [5.41, 5.74) is 3.24. The third-order valence-electron chi connectivity index (χ3n) is 5.46. The molecule has 1 amide bonds. The molecule has 11 heteroatoms. The fraction of sp³-hybridized carbons (Fsp3) is 0.208. The normalized spacial score (nSPS) is 11.3. The van der Waals surface area contributed by atoms with Crippen LogP contribution in [0.25, 0.3) is 11.0 Å². The first-order chi connectivity index (χ1) is 16.6. The summed E-state index contributed by atoms with van der Waals surface area (Å²) in [4.78, 5) is 26.1. The first kappa shape index (κ1) is 24.0. The van der Waals surface area contributed by atoms with Crippen LogP contribution < -0.4 is 14.9 Å². The quantitative estimate of drug-likeness (QED) is 0.344. The lowest BCUT2D eigenvalue weighted by Gasteiger charge is -2.20. The van der Waals surface area contributed by atoms with E-state index >= 15 is 0 Å². The number of sulfonamides is 1. The van der Waals surface area contributed by atoms with Crippen LogP contribution in [0.5, 0.6) is 0 Å². The lowest BCUT2D eigenvalue weighted by atomic mass is 10.1. The SMILES string of the molecule is CN(C)C(=O)c1cccc(Nc2nc(NCc3ccccc3N(C)S(C)(=O)=O)c3cc[nH]c3n2)c1. The Morgan fingerprint density at radius 3 is 2.54 bits per heavy atom. The van der Waals surface area contributed by atoms with Crippen molar-refractivity contribution in [3.05, 3.63) is 71.9 Å². The molecule has 0 bridgehead atoms. The number of hydrogen-bond donors (Lipinski definition) is 3. The summed E-state index contributed by atoms with van der Waals surface area (Å²) in [5, 5.41) is 7.27. The molecule has 0 saturated heterocycles. The van der Waals surface area contributed by atoms with E-state index in [0.29, 0.717) is 40.9 Å². The van der Waals surface area contributed by atoms with Gasteiger partial charge in [-0.25, -0.2) is 8.42 Å². The van der Waals surface area contributed by atoms with E-state index in [2.05, 4.69) is 25.6 Å². The number of nitrogens with one attached hydrogen (secondary N) is 3. The van der Waals surface area contributed by atoms with Gasteiger partial charge in [-0.15, -0.1) is 0 Å². The van der Waals surface area contributed by atoms with Crippen molar-refractivity contribution in [1.29, 1.82) is 0 Å². The van der Waals surface area contributed by atoms with Crippen molar-refractivity contribution >= 4 is 50.1 Å². The summed E-state index contributed by atoms with van der Waals surface area (Å²) < 4.78 is 25.4. The molecule has 2 aromatic heterocycles. The number of nitrogens with zero attached hydrogens (tertiary/aromatic N) is 4. The second kappa shape index (κ2) is 9.63. The number of H-pyrrole nitrogens is 1. The molecule has 2 aromatic carbocycles. The maximum absolute atomic E-state index is 12.3. The highest BCUT2D eigenvalue weighted by Crippen LogP contribution is 2.26. The third kappa shape index (κ3) is 5.35. The fourth-order valence-electron chi connectivity index (χ4n) is 3.57. The van der Waals surface area contributed by atoms with Crippen molar-refractivity contribution in [2.45, 2.75) is 6.54 Å². The Kier molecular flexibility index (Phi) is 6.61. The van der Waals surface area contributed by atoms with Crippen LogP contribution in [0.1, 0.15) is 15.9 Å². The Morgan fingerprint density at radius 1 is 1.03 bits per heavy atom. The van der Waals surface area contributed by atoms with Crippen molar-refractivity contribution in [2.24, 2.45) is 0 Å². The van der Waals surface area contributed by atoms with Crippen LogP contribution in [-0.2, 0) is 16.6 Å². The summed E-state index contributed by atoms with van der Waals surface area (Å²) >= 11 is 0. The molecule has 35 heavy (non-hydrogen) atoms. The van der Waals surface area contributed by atoms with Gasteiger partial charge < -0.3 is 20.5 Å². The molecule has 0 aliphatic carbocycles.